The molecule has 5 rings (SSSR count). The summed E-state index contributed by atoms with van der Waals surface area (Å²) in [6, 6.07) is 3.69. The molecule has 1 aromatic rings. The van der Waals surface area contributed by atoms with Crippen molar-refractivity contribution in [3.05, 3.63) is 41.2 Å². The molecule has 2 atom stereocenters. The van der Waals surface area contributed by atoms with Crippen LogP contribution >= 0.6 is 0 Å². The average molecular weight is 493 g/mol. The van der Waals surface area contributed by atoms with Gasteiger partial charge in [-0.2, -0.15) is 13.2 Å². The number of alkyl halides is 3. The van der Waals surface area contributed by atoms with Gasteiger partial charge in [0.25, 0.3) is 5.91 Å². The Kier molecular flexibility index (Phi) is 5.75. The number of anilines is 1. The van der Waals surface area contributed by atoms with Gasteiger partial charge in [0.2, 0.25) is 5.96 Å². The van der Waals surface area contributed by atoms with Crippen molar-refractivity contribution in [2.75, 3.05) is 51.3 Å². The van der Waals surface area contributed by atoms with E-state index in [0.29, 0.717) is 31.4 Å². The van der Waals surface area contributed by atoms with Crippen molar-refractivity contribution in [2.24, 2.45) is 4.99 Å². The van der Waals surface area contributed by atoms with Gasteiger partial charge in [-0.1, -0.05) is 0 Å². The first-order chi connectivity index (χ1) is 16.6. The van der Waals surface area contributed by atoms with Gasteiger partial charge in [-0.25, -0.2) is 9.79 Å². The van der Waals surface area contributed by atoms with Crippen LogP contribution in [0.1, 0.15) is 19.4 Å². The first-order valence-electron chi connectivity index (χ1n) is 11.5. The van der Waals surface area contributed by atoms with Crippen molar-refractivity contribution in [2.45, 2.75) is 32.2 Å². The van der Waals surface area contributed by atoms with Crippen LogP contribution < -0.4 is 4.90 Å². The Morgan fingerprint density at radius 3 is 2.31 bits per heavy atom. The Morgan fingerprint density at radius 2 is 1.69 bits per heavy atom. The molecule has 0 aromatic heterocycles. The summed E-state index contributed by atoms with van der Waals surface area (Å²) in [5.41, 5.74) is 1.28. The molecule has 4 aliphatic heterocycles. The molecule has 9 nitrogen and oxygen atoms in total. The lowest BCUT2D eigenvalue weighted by Crippen LogP contribution is -2.65. The minimum absolute atomic E-state index is 0.263. The fourth-order valence-corrected chi connectivity index (χ4v) is 4.99. The number of imide groups is 1. The first-order valence-corrected chi connectivity index (χ1v) is 11.5. The molecule has 3 amide bonds. The number of fused-ring (bicyclic) bond motifs is 3. The molecule has 0 saturated carbocycles. The van der Waals surface area contributed by atoms with Gasteiger partial charge in [0.1, 0.15) is 0 Å². The molecule has 2 saturated heterocycles. The maximum Gasteiger partial charge on any atom is 0.416 e. The number of carbonyl (C=O) groups excluding carboxylic acids is 2. The van der Waals surface area contributed by atoms with Crippen LogP contribution in [0.5, 0.6) is 0 Å². The molecule has 0 bridgehead atoms. The van der Waals surface area contributed by atoms with Crippen LogP contribution in [0.3, 0.4) is 0 Å². The standard InChI is InChI=1S/C23H27F3N6O3/c1-14-15(2)32-18-19(27-21(32)31(14)17-6-4-16(5-7-17)23(24,25)26)28(3)22(34)30(20(18)33)9-8-29-10-12-35-13-11-29/h4-7,18-19H,8-13H2,1-3H3. The molecule has 2 fully saturated rings. The summed E-state index contributed by atoms with van der Waals surface area (Å²) in [6.45, 7) is 7.26. The lowest BCUT2D eigenvalue weighted by atomic mass is 10.1. The predicted octanol–water partition coefficient (Wildman–Crippen LogP) is 2.37. The third kappa shape index (κ3) is 3.84. The lowest BCUT2D eigenvalue weighted by Gasteiger charge is -2.41. The first kappa shape index (κ1) is 23.6. The number of hydrogen-bond donors (Lipinski definition) is 0. The maximum absolute atomic E-state index is 13.6. The van der Waals surface area contributed by atoms with E-state index in [4.69, 9.17) is 9.73 Å². The van der Waals surface area contributed by atoms with E-state index in [0.717, 1.165) is 36.6 Å². The highest BCUT2D eigenvalue weighted by molar-refractivity contribution is 6.10. The number of carbonyl (C=O) groups is 2. The summed E-state index contributed by atoms with van der Waals surface area (Å²) in [5.74, 6) is 0.101. The Balaban J connectivity index is 1.41. The molecule has 2 unspecified atom stereocenters. The van der Waals surface area contributed by atoms with Crippen LogP contribution in [0.4, 0.5) is 23.7 Å². The van der Waals surface area contributed by atoms with E-state index in [1.54, 1.807) is 16.8 Å². The van der Waals surface area contributed by atoms with Crippen LogP contribution in [-0.4, -0.2) is 96.1 Å². The van der Waals surface area contributed by atoms with Gasteiger partial charge in [-0.05, 0) is 38.1 Å². The van der Waals surface area contributed by atoms with Gasteiger partial charge in [-0.15, -0.1) is 0 Å². The molecular formula is C23H27F3N6O3. The van der Waals surface area contributed by atoms with E-state index in [-0.39, 0.29) is 12.5 Å². The van der Waals surface area contributed by atoms with Crippen molar-refractivity contribution < 1.29 is 27.5 Å². The van der Waals surface area contributed by atoms with Crippen LogP contribution in [0.2, 0.25) is 0 Å². The van der Waals surface area contributed by atoms with Crippen LogP contribution in [0.15, 0.2) is 40.7 Å². The van der Waals surface area contributed by atoms with Crippen LogP contribution in [0, 0.1) is 0 Å². The SMILES string of the molecule is CC1=C(C)N2C(=NC3C2C(=O)N(CCN2CCOCC2)C(=O)N3C)N1c1ccc(C(F)(F)F)cc1. The number of urea groups is 1. The van der Waals surface area contributed by atoms with Crippen molar-refractivity contribution in [1.29, 1.82) is 0 Å². The second-order valence-electron chi connectivity index (χ2n) is 9.05. The maximum atomic E-state index is 13.6. The van der Waals surface area contributed by atoms with E-state index < -0.39 is 30.0 Å². The summed E-state index contributed by atoms with van der Waals surface area (Å²) in [6.07, 6.45) is -5.15. The molecule has 188 valence electrons. The number of ether oxygens (including phenoxy) is 1. The molecule has 0 radical (unpaired) electrons. The molecule has 0 spiro atoms. The molecule has 4 heterocycles. The largest absolute Gasteiger partial charge is 0.416 e. The average Bonchev–Trinajstić information content (AvgIpc) is 3.33. The topological polar surface area (TPSA) is 71.9 Å². The monoisotopic (exact) mass is 492 g/mol. The number of hydrogen-bond acceptors (Lipinski definition) is 7. The van der Waals surface area contributed by atoms with Crippen molar-refractivity contribution in [3.63, 3.8) is 0 Å². The number of allylic oxidation sites excluding steroid dienone is 2. The Bertz CT molecular complexity index is 1100. The lowest BCUT2D eigenvalue weighted by molar-refractivity contribution is -0.138. The molecule has 1 aromatic carbocycles. The molecule has 35 heavy (non-hydrogen) atoms. The van der Waals surface area contributed by atoms with Gasteiger partial charge in [0, 0.05) is 50.3 Å². The number of aliphatic imine (C=N–C) groups is 1. The number of morpholine rings is 1. The Hall–Kier alpha value is -3.12. The third-order valence-corrected chi connectivity index (χ3v) is 7.09. The van der Waals surface area contributed by atoms with E-state index in [2.05, 4.69) is 4.90 Å². The van der Waals surface area contributed by atoms with Gasteiger partial charge < -0.3 is 9.64 Å². The molecular weight excluding hydrogens is 465 g/mol. The highest BCUT2D eigenvalue weighted by atomic mass is 19.4. The Morgan fingerprint density at radius 1 is 1.03 bits per heavy atom. The number of amides is 3. The summed E-state index contributed by atoms with van der Waals surface area (Å²) in [4.78, 5) is 39.8. The van der Waals surface area contributed by atoms with E-state index in [9.17, 15) is 22.8 Å². The number of benzene rings is 1. The van der Waals surface area contributed by atoms with Crippen molar-refractivity contribution >= 4 is 23.6 Å². The van der Waals surface area contributed by atoms with E-state index in [1.807, 2.05) is 13.8 Å². The predicted molar refractivity (Wildman–Crippen MR) is 121 cm³/mol. The second-order valence-corrected chi connectivity index (χ2v) is 9.05. The normalized spacial score (nSPS) is 25.5. The molecule has 4 aliphatic rings. The van der Waals surface area contributed by atoms with E-state index >= 15 is 0 Å². The zero-order chi connectivity index (χ0) is 25.1. The minimum Gasteiger partial charge on any atom is -0.379 e. The zero-order valence-electron chi connectivity index (χ0n) is 19.7. The van der Waals surface area contributed by atoms with Crippen molar-refractivity contribution in [1.82, 2.24) is 19.6 Å². The highest BCUT2D eigenvalue weighted by Crippen LogP contribution is 2.40. The smallest absolute Gasteiger partial charge is 0.379 e. The quantitative estimate of drug-likeness (QED) is 0.643. The van der Waals surface area contributed by atoms with Gasteiger partial charge in [0.05, 0.1) is 18.8 Å². The summed E-state index contributed by atoms with van der Waals surface area (Å²) >= 11 is 0. The van der Waals surface area contributed by atoms with Gasteiger partial charge >= 0.3 is 12.2 Å². The fourth-order valence-electron chi connectivity index (χ4n) is 4.99. The molecule has 0 N–H and O–H groups in total. The number of likely N-dealkylation sites (N-methyl/N-ethyl adjacent to an activating group) is 1. The van der Waals surface area contributed by atoms with Crippen LogP contribution in [-0.2, 0) is 15.7 Å². The van der Waals surface area contributed by atoms with Crippen molar-refractivity contribution in [3.8, 4) is 0 Å². The summed E-state index contributed by atoms with van der Waals surface area (Å²) in [5, 5.41) is 0. The van der Waals surface area contributed by atoms with Gasteiger partial charge in [-0.3, -0.25) is 24.4 Å². The minimum atomic E-state index is -4.43. The van der Waals surface area contributed by atoms with Gasteiger partial charge in [0.15, 0.2) is 12.2 Å². The highest BCUT2D eigenvalue weighted by Gasteiger charge is 2.55. The number of rotatable bonds is 4. The third-order valence-electron chi connectivity index (χ3n) is 7.09. The Labute approximate surface area is 201 Å². The van der Waals surface area contributed by atoms with Crippen LogP contribution in [0.25, 0.3) is 0 Å². The second kappa shape index (κ2) is 8.52. The molecule has 12 heteroatoms. The summed E-state index contributed by atoms with van der Waals surface area (Å²) in [7, 11) is 1.62. The number of guanidine groups is 1. The molecule has 0 aliphatic carbocycles. The fraction of sp³-hybridized carbons (Fsp3) is 0.522. The summed E-state index contributed by atoms with van der Waals surface area (Å²) < 4.78 is 44.5. The number of halogens is 3. The zero-order valence-corrected chi connectivity index (χ0v) is 19.7. The number of nitrogens with zero attached hydrogens (tertiary/aromatic N) is 6. The van der Waals surface area contributed by atoms with E-state index in [1.165, 1.54) is 21.9 Å².